The van der Waals surface area contributed by atoms with E-state index in [1.54, 1.807) is 0 Å². The lowest BCUT2D eigenvalue weighted by Gasteiger charge is -2.44. The van der Waals surface area contributed by atoms with Gasteiger partial charge in [-0.2, -0.15) is 30.0 Å². The first-order chi connectivity index (χ1) is 16.5. The van der Waals surface area contributed by atoms with Crippen molar-refractivity contribution in [2.75, 3.05) is 6.61 Å². The second-order valence-corrected chi connectivity index (χ2v) is 10.8. The summed E-state index contributed by atoms with van der Waals surface area (Å²) >= 11 is 0. The first-order valence-electron chi connectivity index (χ1n) is 9.29. The molecule has 6 unspecified atom stereocenters. The van der Waals surface area contributed by atoms with Gasteiger partial charge in [-0.3, -0.25) is 13.7 Å². The predicted octanol–water partition coefficient (Wildman–Crippen LogP) is -4.82. The van der Waals surface area contributed by atoms with E-state index in [1.807, 2.05) is 0 Å². The fourth-order valence-electron chi connectivity index (χ4n) is 3.18. The summed E-state index contributed by atoms with van der Waals surface area (Å²) in [6.07, 6.45) is -14.5. The maximum atomic E-state index is 11.4. The highest BCUT2D eigenvalue weighted by atomic mass is 32.3. The number of aliphatic hydroxyl groups excluding tert-OH is 3. The summed E-state index contributed by atoms with van der Waals surface area (Å²) in [5, 5.41) is 50.2. The summed E-state index contributed by atoms with van der Waals surface area (Å²) in [5.74, 6) is -7.46. The quantitative estimate of drug-likeness (QED) is 0.105. The average molecular weight is 607 g/mol. The predicted molar refractivity (Wildman–Crippen MR) is 107 cm³/mol. The van der Waals surface area contributed by atoms with Crippen LogP contribution < -0.4 is 4.72 Å². The van der Waals surface area contributed by atoms with Crippen molar-refractivity contribution in [1.29, 1.82) is 0 Å². The molecule has 0 aromatic carbocycles. The summed E-state index contributed by atoms with van der Waals surface area (Å²) in [6.45, 7) is -0.678. The Morgan fingerprint density at radius 3 is 2.08 bits per heavy atom. The Morgan fingerprint density at radius 2 is 1.62 bits per heavy atom. The Labute approximate surface area is 207 Å². The molecule has 0 amide bonds. The zero-order chi connectivity index (χ0) is 28.7. The van der Waals surface area contributed by atoms with Crippen LogP contribution in [0.25, 0.3) is 0 Å². The Bertz CT molecular complexity index is 1220. The number of ether oxygens (including phenoxy) is 3. The van der Waals surface area contributed by atoms with Gasteiger partial charge >= 0.3 is 37.1 Å². The summed E-state index contributed by atoms with van der Waals surface area (Å²) in [6, 6.07) is -2.37. The van der Waals surface area contributed by atoms with Crippen molar-refractivity contribution in [1.82, 2.24) is 4.72 Å². The highest BCUT2D eigenvalue weighted by Gasteiger charge is 2.54. The van der Waals surface area contributed by atoms with Crippen LogP contribution in [-0.2, 0) is 58.5 Å². The lowest BCUT2D eigenvalue weighted by molar-refractivity contribution is -0.296. The molecule has 0 aliphatic carbocycles. The molecule has 2 aliphatic heterocycles. The topological polar surface area (TPSA) is 340 Å². The minimum Gasteiger partial charge on any atom is -0.507 e. The molecule has 21 nitrogen and oxygen atoms in total. The molecule has 2 rings (SSSR count). The van der Waals surface area contributed by atoms with Crippen LogP contribution >= 0.6 is 0 Å². The molecule has 24 heteroatoms. The van der Waals surface area contributed by atoms with E-state index in [4.69, 9.17) is 27.9 Å². The zero-order valence-corrected chi connectivity index (χ0v) is 20.4. The van der Waals surface area contributed by atoms with Gasteiger partial charge in [0.1, 0.15) is 31.0 Å². The maximum Gasteiger partial charge on any atom is 0.397 e. The van der Waals surface area contributed by atoms with E-state index in [1.165, 1.54) is 4.72 Å². The number of carbonyl (C=O) groups is 1. The first kappa shape index (κ1) is 31.4. The molecule has 1 saturated heterocycles. The minimum absolute atomic E-state index is 0.686. The molecule has 0 aromatic rings. The molecule has 2 heterocycles. The van der Waals surface area contributed by atoms with Gasteiger partial charge in [-0.05, 0) is 6.92 Å². The Balaban J connectivity index is 2.61. The van der Waals surface area contributed by atoms with Crippen LogP contribution in [0.1, 0.15) is 6.92 Å². The fraction of sp³-hybridized carbons (Fsp3) is 0.769. The van der Waals surface area contributed by atoms with E-state index < -0.39 is 104 Å². The third-order valence-corrected chi connectivity index (χ3v) is 6.07. The molecule has 8 atom stereocenters. The Morgan fingerprint density at radius 1 is 1.05 bits per heavy atom. The second kappa shape index (κ2) is 10.8. The van der Waals surface area contributed by atoms with E-state index in [-0.39, 0.29) is 0 Å². The van der Waals surface area contributed by atoms with E-state index >= 15 is 0 Å². The smallest absolute Gasteiger partial charge is 0.397 e. The number of rotatable bonds is 10. The number of nitrogens with one attached hydrogen (secondary N) is 1. The molecule has 0 saturated carbocycles. The molecule has 9 N–H and O–H groups in total. The Hall–Kier alpha value is -1.78. The summed E-state index contributed by atoms with van der Waals surface area (Å²) in [7, 11) is -16.0. The third kappa shape index (κ3) is 8.35. The van der Waals surface area contributed by atoms with Crippen LogP contribution in [0.4, 0.5) is 0 Å². The van der Waals surface area contributed by atoms with Crippen LogP contribution in [0.2, 0.25) is 0 Å². The van der Waals surface area contributed by atoms with Crippen LogP contribution in [0, 0.1) is 0 Å². The monoisotopic (exact) mass is 607 g/mol. The second-order valence-electron chi connectivity index (χ2n) is 7.50. The third-order valence-electron chi connectivity index (χ3n) is 4.63. The zero-order valence-electron chi connectivity index (χ0n) is 17.9. The molecule has 1 fully saturated rings. The number of carboxylic acids is 1. The molecule has 0 bridgehead atoms. The van der Waals surface area contributed by atoms with Gasteiger partial charge in [0, 0.05) is 0 Å². The van der Waals surface area contributed by atoms with Crippen LogP contribution in [0.3, 0.4) is 0 Å². The first-order valence-corrected chi connectivity index (χ1v) is 13.5. The van der Waals surface area contributed by atoms with E-state index in [2.05, 4.69) is 8.37 Å². The van der Waals surface area contributed by atoms with Gasteiger partial charge in [-0.1, -0.05) is 0 Å². The number of hydrogen-bond donors (Lipinski definition) is 9. The lowest BCUT2D eigenvalue weighted by atomic mass is 9.98. The molecule has 0 aromatic heterocycles. The van der Waals surface area contributed by atoms with Gasteiger partial charge in [0.25, 0.3) is 0 Å². The molecule has 0 radical (unpaired) electrons. The van der Waals surface area contributed by atoms with Crippen molar-refractivity contribution in [2.24, 2.45) is 0 Å². The van der Waals surface area contributed by atoms with Crippen molar-refractivity contribution in [2.45, 2.75) is 55.6 Å². The Kier molecular flexibility index (Phi) is 9.15. The van der Waals surface area contributed by atoms with Gasteiger partial charge in [-0.15, -0.1) is 0 Å². The summed E-state index contributed by atoms with van der Waals surface area (Å²) in [5.41, 5.74) is 0. The van der Waals surface area contributed by atoms with Crippen LogP contribution in [0.5, 0.6) is 0 Å². The summed E-state index contributed by atoms with van der Waals surface area (Å²) < 4.78 is 118. The number of aliphatic carboxylic acids is 1. The van der Waals surface area contributed by atoms with Crippen molar-refractivity contribution in [3.63, 3.8) is 0 Å². The van der Waals surface area contributed by atoms with Gasteiger partial charge < -0.3 is 39.7 Å². The van der Waals surface area contributed by atoms with Crippen molar-refractivity contribution in [3.05, 3.63) is 11.5 Å². The average Bonchev–Trinajstić information content (AvgIpc) is 2.68. The van der Waals surface area contributed by atoms with Crippen molar-refractivity contribution < 1.29 is 91.8 Å². The van der Waals surface area contributed by atoms with E-state index in [9.17, 15) is 55.6 Å². The number of aliphatic hydroxyl groups is 4. The van der Waals surface area contributed by atoms with E-state index in [0.717, 1.165) is 0 Å². The standard InChI is InChI=1S/C13H21NO20S3/c1-13(20)10(14-35(21,22)23)6(17)7(3(33-13)2-30-36(24,25)26)31-12-9(34-37(27,28)29)5(16)4(15)8(32-12)11(18)19/h3-5,8-10,12,14-17,20H,2H2,1H3,(H,18,19)(H,21,22,23)(H,24,25,26)(H,27,28,29)/t3?,4-,5?,8?,9?,10?,12+,13?/m0/s1. The SMILES string of the molecule is CC1(O)OC(COS(=O)(=O)O)C(O[C@@H]2OC(C(=O)O)[C@@H](O)C(O)C2OS(=O)(=O)O)=C(O)C1NS(=O)(=O)O. The summed E-state index contributed by atoms with van der Waals surface area (Å²) in [4.78, 5) is 11.4. The maximum absolute atomic E-state index is 11.4. The molecule has 216 valence electrons. The molecule has 37 heavy (non-hydrogen) atoms. The number of hydrogen-bond acceptors (Lipinski definition) is 16. The van der Waals surface area contributed by atoms with Gasteiger partial charge in [0.05, 0.1) is 0 Å². The van der Waals surface area contributed by atoms with Gasteiger partial charge in [0.15, 0.2) is 29.5 Å². The normalized spacial score (nSPS) is 35.8. The molecular weight excluding hydrogens is 586 g/mol. The largest absolute Gasteiger partial charge is 0.507 e. The molecule has 0 spiro atoms. The van der Waals surface area contributed by atoms with E-state index in [0.29, 0.717) is 6.92 Å². The molecular formula is C13H21NO20S3. The molecule has 2 aliphatic rings. The highest BCUT2D eigenvalue weighted by Crippen LogP contribution is 2.35. The van der Waals surface area contributed by atoms with Crippen LogP contribution in [-0.4, -0.2) is 126 Å². The fourth-order valence-corrected chi connectivity index (χ4v) is 4.59. The van der Waals surface area contributed by atoms with Crippen molar-refractivity contribution >= 4 is 37.1 Å². The van der Waals surface area contributed by atoms with Gasteiger partial charge in [0.2, 0.25) is 6.29 Å². The van der Waals surface area contributed by atoms with Gasteiger partial charge in [-0.25, -0.2) is 13.2 Å². The number of carboxylic acid groups (broad SMARTS) is 1. The highest BCUT2D eigenvalue weighted by molar-refractivity contribution is 7.83. The minimum atomic E-state index is -5.49. The van der Waals surface area contributed by atoms with Crippen molar-refractivity contribution in [3.8, 4) is 0 Å². The van der Waals surface area contributed by atoms with Crippen LogP contribution in [0.15, 0.2) is 11.5 Å². The lowest BCUT2D eigenvalue weighted by Crippen LogP contribution is -2.63.